The van der Waals surface area contributed by atoms with E-state index >= 15 is 0 Å². The standard InChI is InChI=1S/C34H37N5O2/c1-25-2-4-27(5-3-25)24-38-16-18-39(19-17-38)31-10-11-32-29(20-31)21-33(41-32)34(40)36-30-12-14-37(15-13-30)23-28-8-6-26(22-35)7-9-28/h2-11,20-21,30H,12-19,23-24H2,1H3,(H,36,40). The topological polar surface area (TPSA) is 75.8 Å². The van der Waals surface area contributed by atoms with Crippen molar-refractivity contribution in [1.82, 2.24) is 15.1 Å². The predicted octanol–water partition coefficient (Wildman–Crippen LogP) is 5.33. The number of carbonyl (C=O) groups is 1. The third-order valence-electron chi connectivity index (χ3n) is 8.40. The van der Waals surface area contributed by atoms with Crippen LogP contribution in [-0.4, -0.2) is 61.0 Å². The molecule has 1 N–H and O–H groups in total. The normalized spacial score (nSPS) is 17.0. The molecule has 3 heterocycles. The molecule has 1 aromatic heterocycles. The minimum absolute atomic E-state index is 0.139. The number of nitriles is 1. The van der Waals surface area contributed by atoms with Gasteiger partial charge in [0.2, 0.25) is 0 Å². The van der Waals surface area contributed by atoms with Crippen LogP contribution in [0.2, 0.25) is 0 Å². The molecule has 0 spiro atoms. The van der Waals surface area contributed by atoms with Gasteiger partial charge in [-0.2, -0.15) is 5.26 Å². The number of anilines is 1. The van der Waals surface area contributed by atoms with Gasteiger partial charge in [-0.1, -0.05) is 42.0 Å². The van der Waals surface area contributed by atoms with Crippen molar-refractivity contribution >= 4 is 22.6 Å². The molecule has 2 aliphatic rings. The maximum absolute atomic E-state index is 13.0. The van der Waals surface area contributed by atoms with Crippen molar-refractivity contribution in [3.8, 4) is 6.07 Å². The molecule has 0 atom stereocenters. The van der Waals surface area contributed by atoms with Crippen LogP contribution in [0.1, 0.15) is 45.7 Å². The first-order chi connectivity index (χ1) is 20.0. The highest BCUT2D eigenvalue weighted by molar-refractivity contribution is 5.96. The van der Waals surface area contributed by atoms with Crippen LogP contribution in [-0.2, 0) is 13.1 Å². The number of amides is 1. The maximum Gasteiger partial charge on any atom is 0.287 e. The fourth-order valence-electron chi connectivity index (χ4n) is 5.89. The highest BCUT2D eigenvalue weighted by Gasteiger charge is 2.23. The van der Waals surface area contributed by atoms with Gasteiger partial charge < -0.3 is 14.6 Å². The Bertz CT molecular complexity index is 1520. The Labute approximate surface area is 242 Å². The second-order valence-corrected chi connectivity index (χ2v) is 11.4. The van der Waals surface area contributed by atoms with Gasteiger partial charge in [0.1, 0.15) is 5.58 Å². The van der Waals surface area contributed by atoms with Crippen molar-refractivity contribution in [1.29, 1.82) is 5.26 Å². The number of likely N-dealkylation sites (tertiary alicyclic amines) is 1. The lowest BCUT2D eigenvalue weighted by molar-refractivity contribution is 0.0883. The zero-order chi connectivity index (χ0) is 28.2. The lowest BCUT2D eigenvalue weighted by Gasteiger charge is -2.36. The fraction of sp³-hybridized carbons (Fsp3) is 0.353. The molecule has 2 fully saturated rings. The number of nitrogens with one attached hydrogen (secondary N) is 1. The highest BCUT2D eigenvalue weighted by Crippen LogP contribution is 2.27. The van der Waals surface area contributed by atoms with E-state index in [-0.39, 0.29) is 11.9 Å². The Morgan fingerprint density at radius 2 is 1.49 bits per heavy atom. The van der Waals surface area contributed by atoms with Crippen molar-refractivity contribution in [2.24, 2.45) is 0 Å². The van der Waals surface area contributed by atoms with Crippen LogP contribution >= 0.6 is 0 Å². The van der Waals surface area contributed by atoms with Crippen LogP contribution < -0.4 is 10.2 Å². The lowest BCUT2D eigenvalue weighted by Crippen LogP contribution is -2.45. The quantitative estimate of drug-likeness (QED) is 0.337. The second-order valence-electron chi connectivity index (χ2n) is 11.4. The zero-order valence-corrected chi connectivity index (χ0v) is 23.7. The number of carbonyl (C=O) groups excluding carboxylic acids is 1. The molecule has 2 saturated heterocycles. The molecule has 6 rings (SSSR count). The van der Waals surface area contributed by atoms with E-state index in [4.69, 9.17) is 9.68 Å². The van der Waals surface area contributed by atoms with E-state index in [0.717, 1.165) is 76.2 Å². The average molecular weight is 548 g/mol. The van der Waals surface area contributed by atoms with E-state index in [1.54, 1.807) is 0 Å². The Balaban J connectivity index is 0.996. The largest absolute Gasteiger partial charge is 0.451 e. The molecule has 0 aliphatic carbocycles. The van der Waals surface area contributed by atoms with Crippen LogP contribution in [0.5, 0.6) is 0 Å². The molecule has 7 nitrogen and oxygen atoms in total. The lowest BCUT2D eigenvalue weighted by atomic mass is 10.0. The monoisotopic (exact) mass is 547 g/mol. The van der Waals surface area contributed by atoms with Crippen LogP contribution in [0.3, 0.4) is 0 Å². The number of aryl methyl sites for hydroxylation is 1. The van der Waals surface area contributed by atoms with E-state index in [1.807, 2.05) is 36.4 Å². The van der Waals surface area contributed by atoms with E-state index in [2.05, 4.69) is 69.4 Å². The fourth-order valence-corrected chi connectivity index (χ4v) is 5.89. The number of benzene rings is 3. The maximum atomic E-state index is 13.0. The van der Waals surface area contributed by atoms with Crippen LogP contribution in [0.25, 0.3) is 11.0 Å². The minimum atomic E-state index is -0.141. The molecule has 0 radical (unpaired) electrons. The summed E-state index contributed by atoms with van der Waals surface area (Å²) in [6.45, 7) is 9.83. The number of piperidine rings is 1. The van der Waals surface area contributed by atoms with Gasteiger partial charge in [-0.05, 0) is 67.3 Å². The summed E-state index contributed by atoms with van der Waals surface area (Å²) in [6, 6.07) is 27.0. The first-order valence-electron chi connectivity index (χ1n) is 14.6. The Kier molecular flexibility index (Phi) is 8.04. The first-order valence-corrected chi connectivity index (χ1v) is 14.6. The molecule has 1 amide bonds. The Morgan fingerprint density at radius 3 is 2.15 bits per heavy atom. The number of fused-ring (bicyclic) bond motifs is 1. The van der Waals surface area contributed by atoms with Crippen LogP contribution in [0.15, 0.2) is 77.2 Å². The Hall–Kier alpha value is -4.12. The SMILES string of the molecule is Cc1ccc(CN2CCN(c3ccc4oc(C(=O)NC5CCN(Cc6ccc(C#N)cc6)CC5)cc4c3)CC2)cc1. The zero-order valence-electron chi connectivity index (χ0n) is 23.7. The number of hydrogen-bond donors (Lipinski definition) is 1. The molecule has 41 heavy (non-hydrogen) atoms. The average Bonchev–Trinajstić information content (AvgIpc) is 3.44. The van der Waals surface area contributed by atoms with Gasteiger partial charge in [0.15, 0.2) is 5.76 Å². The smallest absolute Gasteiger partial charge is 0.287 e. The molecular weight excluding hydrogens is 510 g/mol. The molecule has 4 aromatic rings. The number of rotatable bonds is 7. The summed E-state index contributed by atoms with van der Waals surface area (Å²) in [5, 5.41) is 13.1. The van der Waals surface area contributed by atoms with Gasteiger partial charge in [0.05, 0.1) is 11.6 Å². The Morgan fingerprint density at radius 1 is 0.854 bits per heavy atom. The van der Waals surface area contributed by atoms with Crippen molar-refractivity contribution in [2.75, 3.05) is 44.2 Å². The molecule has 210 valence electrons. The molecule has 0 unspecified atom stereocenters. The predicted molar refractivity (Wildman–Crippen MR) is 162 cm³/mol. The third-order valence-corrected chi connectivity index (χ3v) is 8.40. The van der Waals surface area contributed by atoms with Gasteiger partial charge in [0, 0.05) is 69.5 Å². The number of furan rings is 1. The summed E-state index contributed by atoms with van der Waals surface area (Å²) in [6.07, 6.45) is 1.81. The summed E-state index contributed by atoms with van der Waals surface area (Å²) in [7, 11) is 0. The summed E-state index contributed by atoms with van der Waals surface area (Å²) < 4.78 is 5.95. The summed E-state index contributed by atoms with van der Waals surface area (Å²) in [5.74, 6) is 0.234. The molecular formula is C34H37N5O2. The summed E-state index contributed by atoms with van der Waals surface area (Å²) in [5.41, 5.74) is 6.47. The molecule has 0 saturated carbocycles. The van der Waals surface area contributed by atoms with Gasteiger partial charge in [0.25, 0.3) is 5.91 Å². The summed E-state index contributed by atoms with van der Waals surface area (Å²) >= 11 is 0. The third kappa shape index (κ3) is 6.62. The second kappa shape index (κ2) is 12.2. The van der Waals surface area contributed by atoms with Crippen molar-refractivity contribution in [3.63, 3.8) is 0 Å². The van der Waals surface area contributed by atoms with Crippen molar-refractivity contribution in [3.05, 3.63) is 101 Å². The molecule has 7 heteroatoms. The van der Waals surface area contributed by atoms with Gasteiger partial charge in [-0.25, -0.2) is 0 Å². The van der Waals surface area contributed by atoms with E-state index < -0.39 is 0 Å². The van der Waals surface area contributed by atoms with Crippen LogP contribution in [0, 0.1) is 18.3 Å². The van der Waals surface area contributed by atoms with Gasteiger partial charge in [-0.3, -0.25) is 14.6 Å². The molecule has 0 bridgehead atoms. The highest BCUT2D eigenvalue weighted by atomic mass is 16.3. The van der Waals surface area contributed by atoms with Gasteiger partial charge >= 0.3 is 0 Å². The van der Waals surface area contributed by atoms with Crippen molar-refractivity contribution < 1.29 is 9.21 Å². The van der Waals surface area contributed by atoms with Crippen LogP contribution in [0.4, 0.5) is 5.69 Å². The molecule has 3 aromatic carbocycles. The number of piperazine rings is 1. The summed E-state index contributed by atoms with van der Waals surface area (Å²) in [4.78, 5) is 20.4. The van der Waals surface area contributed by atoms with E-state index in [0.29, 0.717) is 11.3 Å². The van der Waals surface area contributed by atoms with E-state index in [1.165, 1.54) is 22.4 Å². The number of nitrogens with zero attached hydrogens (tertiary/aromatic N) is 4. The van der Waals surface area contributed by atoms with Crippen molar-refractivity contribution in [2.45, 2.75) is 38.9 Å². The van der Waals surface area contributed by atoms with E-state index in [9.17, 15) is 4.79 Å². The minimum Gasteiger partial charge on any atom is -0.451 e. The number of hydrogen-bond acceptors (Lipinski definition) is 6. The first kappa shape index (κ1) is 27.1. The molecule has 2 aliphatic heterocycles. The van der Waals surface area contributed by atoms with Gasteiger partial charge in [-0.15, -0.1) is 0 Å².